The van der Waals surface area contributed by atoms with Crippen LogP contribution in [0, 0.1) is 0 Å². The number of nitrogens with zero attached hydrogens (tertiary/aromatic N) is 2. The van der Waals surface area contributed by atoms with Crippen LogP contribution in [0.1, 0.15) is 19.8 Å². The summed E-state index contributed by atoms with van der Waals surface area (Å²) in [6.45, 7) is 3.95. The van der Waals surface area contributed by atoms with Crippen LogP contribution in [0.15, 0.2) is 29.0 Å². The van der Waals surface area contributed by atoms with Crippen LogP contribution in [0.25, 0.3) is 11.0 Å². The van der Waals surface area contributed by atoms with Crippen LogP contribution in [-0.4, -0.2) is 23.6 Å². The Morgan fingerprint density at radius 3 is 3.06 bits per heavy atom. The molecule has 0 saturated carbocycles. The summed E-state index contributed by atoms with van der Waals surface area (Å²) in [5.74, 6) is 0.994. The molecule has 1 fully saturated rings. The number of pyridine rings is 1. The molecule has 90 valence electrons. The smallest absolute Gasteiger partial charge is 0.139 e. The predicted octanol–water partition coefficient (Wildman–Crippen LogP) is 2.15. The standard InChI is InChI=1S/C13H17N3O/c1-2-5-13(14)8-16(9-13)12-10-4-7-17-11(10)3-6-15-12/h3-4,6-7H,2,5,8-9,14H2,1H3. The Kier molecular flexibility index (Phi) is 2.33. The van der Waals surface area contributed by atoms with Crippen LogP contribution in [0.3, 0.4) is 0 Å². The zero-order valence-corrected chi connectivity index (χ0v) is 10.0. The molecule has 1 aliphatic heterocycles. The van der Waals surface area contributed by atoms with Crippen LogP contribution < -0.4 is 10.6 Å². The minimum Gasteiger partial charge on any atom is -0.464 e. The van der Waals surface area contributed by atoms with E-state index in [-0.39, 0.29) is 5.54 Å². The second-order valence-corrected chi connectivity index (χ2v) is 4.94. The minimum absolute atomic E-state index is 0.0255. The van der Waals surface area contributed by atoms with E-state index in [1.54, 1.807) is 12.5 Å². The number of rotatable bonds is 3. The predicted molar refractivity (Wildman–Crippen MR) is 68.0 cm³/mol. The van der Waals surface area contributed by atoms with E-state index in [2.05, 4.69) is 16.8 Å². The monoisotopic (exact) mass is 231 g/mol. The van der Waals surface area contributed by atoms with Crippen molar-refractivity contribution in [2.75, 3.05) is 18.0 Å². The Labute approximate surface area is 100 Å². The molecule has 0 amide bonds. The van der Waals surface area contributed by atoms with E-state index in [9.17, 15) is 0 Å². The quantitative estimate of drug-likeness (QED) is 0.879. The van der Waals surface area contributed by atoms with Crippen molar-refractivity contribution in [3.8, 4) is 0 Å². The van der Waals surface area contributed by atoms with E-state index in [1.807, 2.05) is 12.1 Å². The van der Waals surface area contributed by atoms with E-state index < -0.39 is 0 Å². The topological polar surface area (TPSA) is 55.3 Å². The van der Waals surface area contributed by atoms with Crippen molar-refractivity contribution in [2.45, 2.75) is 25.3 Å². The molecule has 0 spiro atoms. The zero-order chi connectivity index (χ0) is 11.9. The Morgan fingerprint density at radius 2 is 2.29 bits per heavy atom. The summed E-state index contributed by atoms with van der Waals surface area (Å²) in [5.41, 5.74) is 7.13. The third-order valence-corrected chi connectivity index (χ3v) is 3.42. The van der Waals surface area contributed by atoms with E-state index in [4.69, 9.17) is 10.2 Å². The average Bonchev–Trinajstić information content (AvgIpc) is 2.73. The maximum Gasteiger partial charge on any atom is 0.139 e. The SMILES string of the molecule is CCCC1(N)CN(c2nccc3occc23)C1. The minimum atomic E-state index is -0.0255. The second-order valence-electron chi connectivity index (χ2n) is 4.94. The number of aromatic nitrogens is 1. The first-order valence-corrected chi connectivity index (χ1v) is 6.08. The molecular formula is C13H17N3O. The van der Waals surface area contributed by atoms with Crippen LogP contribution in [-0.2, 0) is 0 Å². The van der Waals surface area contributed by atoms with Gasteiger partial charge in [0.2, 0.25) is 0 Å². The molecule has 17 heavy (non-hydrogen) atoms. The fourth-order valence-electron chi connectivity index (χ4n) is 2.65. The fraction of sp³-hybridized carbons (Fsp3) is 0.462. The second kappa shape index (κ2) is 3.74. The van der Waals surface area contributed by atoms with Crippen molar-refractivity contribution in [2.24, 2.45) is 5.73 Å². The first-order valence-electron chi connectivity index (χ1n) is 6.08. The highest BCUT2D eigenvalue weighted by atomic mass is 16.3. The normalized spacial score (nSPS) is 18.4. The highest BCUT2D eigenvalue weighted by molar-refractivity contribution is 5.88. The highest BCUT2D eigenvalue weighted by Gasteiger charge is 2.39. The summed E-state index contributed by atoms with van der Waals surface area (Å²) in [4.78, 5) is 6.67. The van der Waals surface area contributed by atoms with Gasteiger partial charge in [0.05, 0.1) is 17.2 Å². The maximum atomic E-state index is 6.27. The van der Waals surface area contributed by atoms with Gasteiger partial charge in [-0.05, 0) is 18.6 Å². The third kappa shape index (κ3) is 1.69. The van der Waals surface area contributed by atoms with Gasteiger partial charge in [-0.3, -0.25) is 0 Å². The molecule has 0 unspecified atom stereocenters. The van der Waals surface area contributed by atoms with Crippen LogP contribution in [0.2, 0.25) is 0 Å². The summed E-state index contributed by atoms with van der Waals surface area (Å²) in [6.07, 6.45) is 5.70. The van der Waals surface area contributed by atoms with Crippen molar-refractivity contribution in [1.82, 2.24) is 4.98 Å². The molecule has 2 N–H and O–H groups in total. The molecule has 0 radical (unpaired) electrons. The van der Waals surface area contributed by atoms with Gasteiger partial charge in [-0.2, -0.15) is 0 Å². The van der Waals surface area contributed by atoms with Gasteiger partial charge in [0.15, 0.2) is 0 Å². The summed E-state index contributed by atoms with van der Waals surface area (Å²) in [6, 6.07) is 3.86. The molecule has 0 aliphatic carbocycles. The van der Waals surface area contributed by atoms with E-state index in [0.29, 0.717) is 0 Å². The number of nitrogens with two attached hydrogens (primary N) is 1. The Hall–Kier alpha value is -1.55. The largest absolute Gasteiger partial charge is 0.464 e. The molecular weight excluding hydrogens is 214 g/mol. The van der Waals surface area contributed by atoms with Crippen molar-refractivity contribution in [3.05, 3.63) is 24.6 Å². The van der Waals surface area contributed by atoms with Crippen LogP contribution in [0.4, 0.5) is 5.82 Å². The van der Waals surface area contributed by atoms with Gasteiger partial charge < -0.3 is 15.1 Å². The Bertz CT molecular complexity index is 528. The van der Waals surface area contributed by atoms with Gasteiger partial charge in [-0.25, -0.2) is 4.98 Å². The fourth-order valence-corrected chi connectivity index (χ4v) is 2.65. The van der Waals surface area contributed by atoms with E-state index >= 15 is 0 Å². The lowest BCUT2D eigenvalue weighted by Gasteiger charge is -2.48. The summed E-state index contributed by atoms with van der Waals surface area (Å²) in [7, 11) is 0. The van der Waals surface area contributed by atoms with Gasteiger partial charge in [0.25, 0.3) is 0 Å². The van der Waals surface area contributed by atoms with Gasteiger partial charge in [0, 0.05) is 19.3 Å². The lowest BCUT2D eigenvalue weighted by atomic mass is 9.86. The number of hydrogen-bond acceptors (Lipinski definition) is 4. The maximum absolute atomic E-state index is 6.27. The molecule has 1 saturated heterocycles. The summed E-state index contributed by atoms with van der Waals surface area (Å²) in [5, 5.41) is 1.08. The average molecular weight is 231 g/mol. The first kappa shape index (κ1) is 10.6. The van der Waals surface area contributed by atoms with Crippen molar-refractivity contribution in [3.63, 3.8) is 0 Å². The van der Waals surface area contributed by atoms with Crippen LogP contribution in [0.5, 0.6) is 0 Å². The molecule has 2 aromatic rings. The molecule has 0 bridgehead atoms. The lowest BCUT2D eigenvalue weighted by molar-refractivity contribution is 0.306. The number of furan rings is 1. The molecule has 2 aromatic heterocycles. The molecule has 4 nitrogen and oxygen atoms in total. The molecule has 3 heterocycles. The van der Waals surface area contributed by atoms with Gasteiger partial charge in [-0.15, -0.1) is 0 Å². The zero-order valence-electron chi connectivity index (χ0n) is 10.0. The van der Waals surface area contributed by atoms with Crippen molar-refractivity contribution >= 4 is 16.8 Å². The van der Waals surface area contributed by atoms with Gasteiger partial charge in [-0.1, -0.05) is 13.3 Å². The molecule has 0 aromatic carbocycles. The number of anilines is 1. The van der Waals surface area contributed by atoms with Crippen molar-refractivity contribution < 1.29 is 4.42 Å². The molecule has 4 heteroatoms. The molecule has 0 atom stereocenters. The van der Waals surface area contributed by atoms with Gasteiger partial charge in [0.1, 0.15) is 11.4 Å². The Balaban J connectivity index is 1.85. The Morgan fingerprint density at radius 1 is 1.47 bits per heavy atom. The van der Waals surface area contributed by atoms with Crippen LogP contribution >= 0.6 is 0 Å². The number of hydrogen-bond donors (Lipinski definition) is 1. The van der Waals surface area contributed by atoms with Gasteiger partial charge >= 0.3 is 0 Å². The number of fused-ring (bicyclic) bond motifs is 1. The van der Waals surface area contributed by atoms with E-state index in [1.165, 1.54) is 0 Å². The highest BCUT2D eigenvalue weighted by Crippen LogP contribution is 2.32. The molecule has 3 rings (SSSR count). The van der Waals surface area contributed by atoms with E-state index in [0.717, 1.165) is 42.7 Å². The molecule has 1 aliphatic rings. The lowest BCUT2D eigenvalue weighted by Crippen LogP contribution is -2.67. The third-order valence-electron chi connectivity index (χ3n) is 3.42. The summed E-state index contributed by atoms with van der Waals surface area (Å²) < 4.78 is 5.38. The first-order chi connectivity index (χ1) is 8.22. The summed E-state index contributed by atoms with van der Waals surface area (Å²) >= 11 is 0. The van der Waals surface area contributed by atoms with Crippen molar-refractivity contribution in [1.29, 1.82) is 0 Å².